The molecule has 0 aliphatic rings. The maximum atomic E-state index is 4.71. The Morgan fingerprint density at radius 3 is 1.48 bits per heavy atom. The second kappa shape index (κ2) is 7.74. The predicted octanol–water partition coefficient (Wildman–Crippen LogP) is 4.82. The van der Waals surface area contributed by atoms with E-state index in [0.717, 1.165) is 5.69 Å². The fraction of sp³-hybridized carbons (Fsp3) is 0.350. The van der Waals surface area contributed by atoms with E-state index in [4.69, 9.17) is 4.99 Å². The van der Waals surface area contributed by atoms with E-state index in [2.05, 4.69) is 96.6 Å². The van der Waals surface area contributed by atoms with Crippen molar-refractivity contribution in [2.24, 2.45) is 4.99 Å². The lowest BCUT2D eigenvalue weighted by Crippen LogP contribution is -2.45. The predicted molar refractivity (Wildman–Crippen MR) is 116 cm³/mol. The van der Waals surface area contributed by atoms with Crippen LogP contribution in [0.4, 0.5) is 22.7 Å². The minimum atomic E-state index is -1.59. The van der Waals surface area contributed by atoms with Crippen LogP contribution < -0.4 is 14.4 Å². The van der Waals surface area contributed by atoms with Crippen molar-refractivity contribution in [2.45, 2.75) is 19.6 Å². The zero-order chi connectivity index (χ0) is 18.6. The molecule has 0 saturated heterocycles. The van der Waals surface area contributed by atoms with Crippen LogP contribution in [-0.2, 0) is 0 Å². The Labute approximate surface area is 153 Å². The van der Waals surface area contributed by atoms with Crippen LogP contribution in [0.5, 0.6) is 0 Å². The summed E-state index contributed by atoms with van der Waals surface area (Å²) in [7, 11) is 6.62. The van der Waals surface area contributed by atoms with Gasteiger partial charge in [-0.2, -0.15) is 0 Å². The third-order valence-electron chi connectivity index (χ3n) is 4.06. The highest BCUT2D eigenvalue weighted by atomic mass is 28.3. The Hall–Kier alpha value is -2.27. The third kappa shape index (κ3) is 5.10. The highest BCUT2D eigenvalue weighted by molar-refractivity contribution is 6.82. The summed E-state index contributed by atoms with van der Waals surface area (Å²) in [6.45, 7) is 6.98. The number of hydrogen-bond acceptors (Lipinski definition) is 3. The van der Waals surface area contributed by atoms with E-state index in [-0.39, 0.29) is 0 Å². The standard InChI is InChI=1S/C20H30N4Si/c1-22(2)18-10-8-17(9-11-18)21-16-24(25(5,6)7)20-14-12-19(13-15-20)23(3)4/h8-16H,1-7H3. The van der Waals surface area contributed by atoms with Crippen LogP contribution in [-0.4, -0.2) is 42.8 Å². The molecule has 0 spiro atoms. The Morgan fingerprint density at radius 2 is 1.08 bits per heavy atom. The first-order chi connectivity index (χ1) is 11.7. The van der Waals surface area contributed by atoms with Gasteiger partial charge in [0, 0.05) is 45.3 Å². The zero-order valence-electron chi connectivity index (χ0n) is 16.5. The lowest BCUT2D eigenvalue weighted by Gasteiger charge is -2.32. The molecule has 0 N–H and O–H groups in total. The monoisotopic (exact) mass is 354 g/mol. The lowest BCUT2D eigenvalue weighted by molar-refractivity contribution is 1.13. The van der Waals surface area contributed by atoms with Crippen LogP contribution in [0.3, 0.4) is 0 Å². The summed E-state index contributed by atoms with van der Waals surface area (Å²) in [4.78, 5) is 8.92. The van der Waals surface area contributed by atoms with Crippen molar-refractivity contribution in [1.82, 2.24) is 0 Å². The fourth-order valence-electron chi connectivity index (χ4n) is 2.50. The van der Waals surface area contributed by atoms with E-state index in [1.165, 1.54) is 17.1 Å². The molecule has 2 aromatic carbocycles. The maximum absolute atomic E-state index is 4.71. The molecule has 0 radical (unpaired) electrons. The van der Waals surface area contributed by atoms with Gasteiger partial charge in [-0.05, 0) is 48.5 Å². The number of hydrogen-bond donors (Lipinski definition) is 0. The van der Waals surface area contributed by atoms with Crippen LogP contribution in [0.1, 0.15) is 0 Å². The molecule has 0 atom stereocenters. The Morgan fingerprint density at radius 1 is 0.680 bits per heavy atom. The topological polar surface area (TPSA) is 22.1 Å². The van der Waals surface area contributed by atoms with Gasteiger partial charge in [-0.25, -0.2) is 4.99 Å². The zero-order valence-corrected chi connectivity index (χ0v) is 17.5. The Balaban J connectivity index is 2.26. The third-order valence-corrected chi connectivity index (χ3v) is 5.87. The summed E-state index contributed by atoms with van der Waals surface area (Å²) in [5.74, 6) is 0. The molecular formula is C20H30N4Si. The summed E-state index contributed by atoms with van der Waals surface area (Å²) in [5.41, 5.74) is 4.55. The minimum Gasteiger partial charge on any atom is -0.378 e. The van der Waals surface area contributed by atoms with E-state index in [9.17, 15) is 0 Å². The first-order valence-corrected chi connectivity index (χ1v) is 12.0. The van der Waals surface area contributed by atoms with Crippen molar-refractivity contribution < 1.29 is 0 Å². The van der Waals surface area contributed by atoms with Crippen molar-refractivity contribution in [3.05, 3.63) is 48.5 Å². The molecule has 134 valence electrons. The average molecular weight is 355 g/mol. The Kier molecular flexibility index (Phi) is 5.90. The molecule has 0 amide bonds. The molecule has 2 aromatic rings. The summed E-state index contributed by atoms with van der Waals surface area (Å²) in [6.07, 6.45) is 1.99. The van der Waals surface area contributed by atoms with Gasteiger partial charge in [-0.3, -0.25) is 0 Å². The van der Waals surface area contributed by atoms with E-state index >= 15 is 0 Å². The van der Waals surface area contributed by atoms with Crippen LogP contribution in [0.25, 0.3) is 0 Å². The highest BCUT2D eigenvalue weighted by Gasteiger charge is 2.23. The van der Waals surface area contributed by atoms with Gasteiger partial charge in [0.05, 0.1) is 12.0 Å². The molecule has 0 aliphatic heterocycles. The highest BCUT2D eigenvalue weighted by Crippen LogP contribution is 2.24. The molecule has 2 rings (SSSR count). The van der Waals surface area contributed by atoms with Gasteiger partial charge in [-0.15, -0.1) is 0 Å². The molecule has 0 saturated carbocycles. The molecule has 0 bridgehead atoms. The Bertz CT molecular complexity index is 698. The van der Waals surface area contributed by atoms with E-state index < -0.39 is 8.24 Å². The van der Waals surface area contributed by atoms with Gasteiger partial charge < -0.3 is 14.4 Å². The number of aliphatic imine (C=N–C) groups is 1. The quantitative estimate of drug-likeness (QED) is 0.422. The molecule has 0 unspecified atom stereocenters. The van der Waals surface area contributed by atoms with Crippen molar-refractivity contribution in [3.63, 3.8) is 0 Å². The second-order valence-corrected chi connectivity index (χ2v) is 12.4. The van der Waals surface area contributed by atoms with Crippen molar-refractivity contribution >= 4 is 37.3 Å². The average Bonchev–Trinajstić information content (AvgIpc) is 2.54. The number of benzene rings is 2. The van der Waals surface area contributed by atoms with Gasteiger partial charge in [0.15, 0.2) is 8.24 Å². The van der Waals surface area contributed by atoms with E-state index in [1.807, 2.05) is 20.4 Å². The van der Waals surface area contributed by atoms with Gasteiger partial charge in [0.1, 0.15) is 0 Å². The number of rotatable bonds is 6. The number of nitrogens with zero attached hydrogens (tertiary/aromatic N) is 4. The largest absolute Gasteiger partial charge is 0.378 e. The molecule has 25 heavy (non-hydrogen) atoms. The van der Waals surface area contributed by atoms with Gasteiger partial charge in [0.2, 0.25) is 0 Å². The second-order valence-electron chi connectivity index (χ2n) is 7.61. The minimum absolute atomic E-state index is 0.971. The van der Waals surface area contributed by atoms with Gasteiger partial charge in [0.25, 0.3) is 0 Å². The first-order valence-electron chi connectivity index (χ1n) is 8.57. The van der Waals surface area contributed by atoms with Crippen molar-refractivity contribution in [2.75, 3.05) is 42.6 Å². The first kappa shape index (κ1) is 19.1. The van der Waals surface area contributed by atoms with Gasteiger partial charge in [-0.1, -0.05) is 19.6 Å². The van der Waals surface area contributed by atoms with Crippen molar-refractivity contribution in [3.8, 4) is 0 Å². The summed E-state index contributed by atoms with van der Waals surface area (Å²) >= 11 is 0. The molecule has 5 heteroatoms. The van der Waals surface area contributed by atoms with Gasteiger partial charge >= 0.3 is 0 Å². The molecule has 4 nitrogen and oxygen atoms in total. The van der Waals surface area contributed by atoms with Crippen LogP contribution in [0.2, 0.25) is 19.6 Å². The number of anilines is 3. The normalized spacial score (nSPS) is 11.6. The molecular weight excluding hydrogens is 324 g/mol. The summed E-state index contributed by atoms with van der Waals surface area (Å²) < 4.78 is 2.34. The molecule has 0 aliphatic carbocycles. The molecule has 0 fully saturated rings. The van der Waals surface area contributed by atoms with E-state index in [1.54, 1.807) is 0 Å². The lowest BCUT2D eigenvalue weighted by atomic mass is 10.2. The van der Waals surface area contributed by atoms with Crippen LogP contribution in [0, 0.1) is 0 Å². The van der Waals surface area contributed by atoms with Crippen LogP contribution in [0.15, 0.2) is 53.5 Å². The van der Waals surface area contributed by atoms with Crippen molar-refractivity contribution in [1.29, 1.82) is 0 Å². The van der Waals surface area contributed by atoms with E-state index in [0.29, 0.717) is 0 Å². The van der Waals surface area contributed by atoms with Crippen LogP contribution >= 0.6 is 0 Å². The molecule has 0 aromatic heterocycles. The molecule has 0 heterocycles. The maximum Gasteiger partial charge on any atom is 0.154 e. The summed E-state index contributed by atoms with van der Waals surface area (Å²) in [6, 6.07) is 17.0. The fourth-order valence-corrected chi connectivity index (χ4v) is 3.83. The SMILES string of the molecule is CN(C)c1ccc(N=CN(c2ccc(N(C)C)cc2)[Si](C)(C)C)cc1. The smallest absolute Gasteiger partial charge is 0.154 e. The summed E-state index contributed by atoms with van der Waals surface area (Å²) in [5, 5.41) is 0.